The second-order valence-corrected chi connectivity index (χ2v) is 4.19. The molecule has 0 bridgehead atoms. The van der Waals surface area contributed by atoms with Gasteiger partial charge in [-0.05, 0) is 24.6 Å². The molecule has 0 heterocycles. The van der Waals surface area contributed by atoms with E-state index >= 15 is 0 Å². The third-order valence-electron chi connectivity index (χ3n) is 2.63. The van der Waals surface area contributed by atoms with Crippen LogP contribution in [0.3, 0.4) is 0 Å². The van der Waals surface area contributed by atoms with Crippen LogP contribution in [0.25, 0.3) is 0 Å². The largest absolute Gasteiger partial charge is 0.416 e. The third-order valence-corrected chi connectivity index (χ3v) is 2.63. The maximum Gasteiger partial charge on any atom is 0.416 e. The molecule has 0 spiro atoms. The lowest BCUT2D eigenvalue weighted by atomic mass is 9.88. The third kappa shape index (κ3) is 4.05. The van der Waals surface area contributed by atoms with Crippen molar-refractivity contribution >= 4 is 5.78 Å². The summed E-state index contributed by atoms with van der Waals surface area (Å²) in [6.07, 6.45) is -5.13. The van der Waals surface area contributed by atoms with Crippen LogP contribution in [0.1, 0.15) is 36.8 Å². The van der Waals surface area contributed by atoms with Crippen LogP contribution in [0.4, 0.5) is 17.6 Å². The molecule has 1 rings (SSSR count). The number of carbonyl (C=O) groups excluding carboxylic acids is 1. The van der Waals surface area contributed by atoms with Gasteiger partial charge in [0, 0.05) is 18.8 Å². The van der Waals surface area contributed by atoms with Crippen molar-refractivity contribution in [3.05, 3.63) is 35.1 Å². The molecule has 0 saturated carbocycles. The molecule has 6 heteroatoms. The zero-order chi connectivity index (χ0) is 14.6. The Morgan fingerprint density at radius 3 is 2.53 bits per heavy atom. The highest BCUT2D eigenvalue weighted by atomic mass is 19.4. The van der Waals surface area contributed by atoms with Crippen molar-refractivity contribution in [2.45, 2.75) is 31.9 Å². The van der Waals surface area contributed by atoms with Gasteiger partial charge in [0.25, 0.3) is 0 Å². The number of benzene rings is 1. The molecule has 102 valence electrons. The molecule has 1 aromatic rings. The van der Waals surface area contributed by atoms with Gasteiger partial charge in [0.1, 0.15) is 11.6 Å². The number of carbonyl (C=O) groups is 1. The standard InChI is InChI=1S/C13H11F4NO/c1-8(19)6-9(4-5-18)11-3-2-10(14)7-12(11)13(15,16)17/h2-3,7,9H,4,6H2,1H3/t9-/m0/s1. The van der Waals surface area contributed by atoms with E-state index in [0.29, 0.717) is 6.07 Å². The number of rotatable bonds is 4. The van der Waals surface area contributed by atoms with Crippen molar-refractivity contribution in [3.8, 4) is 6.07 Å². The number of Topliss-reactive ketones (excluding diaryl/α,β-unsaturated/α-hetero) is 1. The summed E-state index contributed by atoms with van der Waals surface area (Å²) in [4.78, 5) is 11.1. The summed E-state index contributed by atoms with van der Waals surface area (Å²) in [5, 5.41) is 8.64. The Morgan fingerprint density at radius 2 is 2.05 bits per heavy atom. The van der Waals surface area contributed by atoms with Gasteiger partial charge in [-0.15, -0.1) is 0 Å². The van der Waals surface area contributed by atoms with Crippen molar-refractivity contribution < 1.29 is 22.4 Å². The van der Waals surface area contributed by atoms with Crippen LogP contribution in [0.2, 0.25) is 0 Å². The second kappa shape index (κ2) is 5.83. The fourth-order valence-electron chi connectivity index (χ4n) is 1.88. The Kier molecular flexibility index (Phi) is 4.65. The minimum atomic E-state index is -4.72. The fourth-order valence-corrected chi connectivity index (χ4v) is 1.88. The number of nitrogens with zero attached hydrogens (tertiary/aromatic N) is 1. The molecule has 0 radical (unpaired) electrons. The SMILES string of the molecule is CC(=O)C[C@H](CC#N)c1ccc(F)cc1C(F)(F)F. The quantitative estimate of drug-likeness (QED) is 0.782. The molecule has 19 heavy (non-hydrogen) atoms. The number of alkyl halides is 3. The van der Waals surface area contributed by atoms with Crippen LogP contribution < -0.4 is 0 Å². The molecule has 0 aliphatic rings. The lowest BCUT2D eigenvalue weighted by molar-refractivity contribution is -0.138. The first-order valence-electron chi connectivity index (χ1n) is 5.48. The van der Waals surface area contributed by atoms with Gasteiger partial charge in [0.15, 0.2) is 0 Å². The fraction of sp³-hybridized carbons (Fsp3) is 0.385. The maximum atomic E-state index is 13.0. The minimum Gasteiger partial charge on any atom is -0.300 e. The van der Waals surface area contributed by atoms with Crippen molar-refractivity contribution in [1.82, 2.24) is 0 Å². The zero-order valence-electron chi connectivity index (χ0n) is 10.1. The molecule has 0 aliphatic heterocycles. The highest BCUT2D eigenvalue weighted by Crippen LogP contribution is 2.37. The first-order chi connectivity index (χ1) is 8.75. The highest BCUT2D eigenvalue weighted by molar-refractivity contribution is 5.76. The Labute approximate surface area is 107 Å². The van der Waals surface area contributed by atoms with Crippen LogP contribution in [-0.4, -0.2) is 5.78 Å². The van der Waals surface area contributed by atoms with Crippen molar-refractivity contribution in [1.29, 1.82) is 5.26 Å². The van der Waals surface area contributed by atoms with E-state index in [4.69, 9.17) is 5.26 Å². The lowest BCUT2D eigenvalue weighted by Gasteiger charge is -2.19. The predicted octanol–water partition coefficient (Wildman–Crippen LogP) is 3.82. The Bertz CT molecular complexity index is 516. The van der Waals surface area contributed by atoms with Crippen molar-refractivity contribution in [3.63, 3.8) is 0 Å². The van der Waals surface area contributed by atoms with E-state index in [9.17, 15) is 22.4 Å². The van der Waals surface area contributed by atoms with Gasteiger partial charge >= 0.3 is 6.18 Å². The van der Waals surface area contributed by atoms with Gasteiger partial charge < -0.3 is 4.79 Å². The number of nitriles is 1. The molecule has 0 aliphatic carbocycles. The summed E-state index contributed by atoms with van der Waals surface area (Å²) in [6.45, 7) is 1.24. The van der Waals surface area contributed by atoms with E-state index in [1.165, 1.54) is 6.92 Å². The van der Waals surface area contributed by atoms with Gasteiger partial charge in [0.2, 0.25) is 0 Å². The predicted molar refractivity (Wildman–Crippen MR) is 59.7 cm³/mol. The van der Waals surface area contributed by atoms with Gasteiger partial charge in [-0.25, -0.2) is 4.39 Å². The van der Waals surface area contributed by atoms with E-state index < -0.39 is 23.5 Å². The molecule has 0 aromatic heterocycles. The molecule has 0 amide bonds. The molecular weight excluding hydrogens is 262 g/mol. The van der Waals surface area contributed by atoms with E-state index in [1.54, 1.807) is 6.07 Å². The minimum absolute atomic E-state index is 0.178. The molecular formula is C13H11F4NO. The van der Waals surface area contributed by atoms with Crippen molar-refractivity contribution in [2.24, 2.45) is 0 Å². The summed E-state index contributed by atoms with van der Waals surface area (Å²) < 4.78 is 51.5. The van der Waals surface area contributed by atoms with Gasteiger partial charge in [-0.3, -0.25) is 0 Å². The summed E-state index contributed by atoms with van der Waals surface area (Å²) in [6, 6.07) is 4.03. The van der Waals surface area contributed by atoms with E-state index in [1.807, 2.05) is 0 Å². The Balaban J connectivity index is 3.30. The molecule has 0 N–H and O–H groups in total. The molecule has 1 aromatic carbocycles. The zero-order valence-corrected chi connectivity index (χ0v) is 10.1. The number of hydrogen-bond donors (Lipinski definition) is 0. The molecule has 2 nitrogen and oxygen atoms in total. The van der Waals surface area contributed by atoms with E-state index in [2.05, 4.69) is 0 Å². The average molecular weight is 273 g/mol. The summed E-state index contributed by atoms with van der Waals surface area (Å²) in [7, 11) is 0. The molecule has 0 unspecified atom stereocenters. The van der Waals surface area contributed by atoms with Crippen molar-refractivity contribution in [2.75, 3.05) is 0 Å². The number of ketones is 1. The van der Waals surface area contributed by atoms with Crippen LogP contribution in [-0.2, 0) is 11.0 Å². The van der Waals surface area contributed by atoms with Crippen LogP contribution in [0, 0.1) is 17.1 Å². The van der Waals surface area contributed by atoms with Gasteiger partial charge in [0.05, 0.1) is 11.6 Å². The summed E-state index contributed by atoms with van der Waals surface area (Å²) in [5.41, 5.74) is -1.35. The summed E-state index contributed by atoms with van der Waals surface area (Å²) >= 11 is 0. The van der Waals surface area contributed by atoms with E-state index in [-0.39, 0.29) is 24.2 Å². The topological polar surface area (TPSA) is 40.9 Å². The maximum absolute atomic E-state index is 13.0. The smallest absolute Gasteiger partial charge is 0.300 e. The van der Waals surface area contributed by atoms with Crippen LogP contribution in [0.5, 0.6) is 0 Å². The Morgan fingerprint density at radius 1 is 1.42 bits per heavy atom. The van der Waals surface area contributed by atoms with Gasteiger partial charge in [-0.2, -0.15) is 18.4 Å². The Hall–Kier alpha value is -1.90. The number of hydrogen-bond acceptors (Lipinski definition) is 2. The van der Waals surface area contributed by atoms with Crippen LogP contribution in [0.15, 0.2) is 18.2 Å². The lowest BCUT2D eigenvalue weighted by Crippen LogP contribution is -2.14. The van der Waals surface area contributed by atoms with Gasteiger partial charge in [-0.1, -0.05) is 6.07 Å². The first kappa shape index (κ1) is 15.2. The van der Waals surface area contributed by atoms with Crippen LogP contribution >= 0.6 is 0 Å². The normalized spacial score (nSPS) is 12.8. The number of halogens is 4. The molecule has 0 fully saturated rings. The summed E-state index contributed by atoms with van der Waals surface area (Å²) in [5.74, 6) is -2.20. The highest BCUT2D eigenvalue weighted by Gasteiger charge is 2.35. The average Bonchev–Trinajstić information content (AvgIpc) is 2.26. The molecule has 0 saturated heterocycles. The monoisotopic (exact) mass is 273 g/mol. The molecule has 1 atom stereocenters. The van der Waals surface area contributed by atoms with E-state index in [0.717, 1.165) is 12.1 Å². The first-order valence-corrected chi connectivity index (χ1v) is 5.48. The second-order valence-electron chi connectivity index (χ2n) is 4.19.